The Morgan fingerprint density at radius 1 is 1.36 bits per heavy atom. The highest BCUT2D eigenvalue weighted by Crippen LogP contribution is 2.29. The van der Waals surface area contributed by atoms with E-state index in [1.165, 1.54) is 10.5 Å². The fraction of sp³-hybridized carbons (Fsp3) is 0.500. The zero-order chi connectivity index (χ0) is 9.97. The van der Waals surface area contributed by atoms with Crippen LogP contribution in [0, 0.1) is 5.92 Å². The second kappa shape index (κ2) is 4.37. The largest absolute Gasteiger partial charge is 0.309 e. The van der Waals surface area contributed by atoms with Crippen molar-refractivity contribution in [2.45, 2.75) is 24.8 Å². The van der Waals surface area contributed by atoms with Crippen molar-refractivity contribution in [1.29, 1.82) is 0 Å². The van der Waals surface area contributed by atoms with Crippen LogP contribution in [0.5, 0.6) is 0 Å². The fourth-order valence-electron chi connectivity index (χ4n) is 1.86. The van der Waals surface area contributed by atoms with Crippen molar-refractivity contribution in [3.05, 3.63) is 29.8 Å². The molecular weight excluding hydrogens is 190 g/mol. The quantitative estimate of drug-likeness (QED) is 0.764. The lowest BCUT2D eigenvalue weighted by atomic mass is 9.88. The maximum atomic E-state index is 3.46. The predicted octanol–water partition coefficient (Wildman–Crippen LogP) is 3.08. The summed E-state index contributed by atoms with van der Waals surface area (Å²) >= 11 is 1.90. The van der Waals surface area contributed by atoms with Gasteiger partial charge in [0.1, 0.15) is 0 Å². The maximum absolute atomic E-state index is 3.46. The standard InChI is InChI=1S/C12H17NS/c1-3-14-11-6-4-10(5-7-11)12-9(2)8-13-12/h4-7,9,12-13H,3,8H2,1-2H3. The molecule has 1 aliphatic rings. The third kappa shape index (κ3) is 1.96. The molecule has 76 valence electrons. The molecule has 0 aromatic heterocycles. The molecule has 1 fully saturated rings. The van der Waals surface area contributed by atoms with Gasteiger partial charge in [0.15, 0.2) is 0 Å². The van der Waals surface area contributed by atoms with Crippen molar-refractivity contribution in [2.75, 3.05) is 12.3 Å². The van der Waals surface area contributed by atoms with E-state index in [0.717, 1.165) is 18.2 Å². The van der Waals surface area contributed by atoms with Gasteiger partial charge >= 0.3 is 0 Å². The maximum Gasteiger partial charge on any atom is 0.0358 e. The molecule has 1 nitrogen and oxygen atoms in total. The van der Waals surface area contributed by atoms with Gasteiger partial charge in [-0.3, -0.25) is 0 Å². The highest BCUT2D eigenvalue weighted by molar-refractivity contribution is 7.99. The highest BCUT2D eigenvalue weighted by atomic mass is 32.2. The zero-order valence-corrected chi connectivity index (χ0v) is 9.60. The second-order valence-electron chi connectivity index (χ2n) is 3.87. The number of hydrogen-bond donors (Lipinski definition) is 1. The van der Waals surface area contributed by atoms with Crippen molar-refractivity contribution in [2.24, 2.45) is 5.92 Å². The van der Waals surface area contributed by atoms with Crippen LogP contribution in [0.2, 0.25) is 0 Å². The lowest BCUT2D eigenvalue weighted by Crippen LogP contribution is -2.43. The fourth-order valence-corrected chi connectivity index (χ4v) is 2.52. The molecule has 1 N–H and O–H groups in total. The van der Waals surface area contributed by atoms with Crippen LogP contribution < -0.4 is 5.32 Å². The Labute approximate surface area is 90.3 Å². The van der Waals surface area contributed by atoms with E-state index in [0.29, 0.717) is 6.04 Å². The van der Waals surface area contributed by atoms with Gasteiger partial charge in [0.25, 0.3) is 0 Å². The predicted molar refractivity (Wildman–Crippen MR) is 62.7 cm³/mol. The summed E-state index contributed by atoms with van der Waals surface area (Å²) < 4.78 is 0. The Balaban J connectivity index is 2.06. The minimum absolute atomic E-state index is 0.593. The summed E-state index contributed by atoms with van der Waals surface area (Å²) in [6, 6.07) is 9.57. The Bertz CT molecular complexity index is 294. The summed E-state index contributed by atoms with van der Waals surface area (Å²) in [6.07, 6.45) is 0. The molecule has 0 spiro atoms. The average molecular weight is 207 g/mol. The summed E-state index contributed by atoms with van der Waals surface area (Å²) in [5.74, 6) is 1.94. The van der Waals surface area contributed by atoms with Gasteiger partial charge in [-0.05, 0) is 29.4 Å². The van der Waals surface area contributed by atoms with Crippen LogP contribution in [0.4, 0.5) is 0 Å². The first-order valence-electron chi connectivity index (χ1n) is 5.27. The van der Waals surface area contributed by atoms with Crippen molar-refractivity contribution < 1.29 is 0 Å². The van der Waals surface area contributed by atoms with Crippen LogP contribution in [0.15, 0.2) is 29.2 Å². The van der Waals surface area contributed by atoms with E-state index in [9.17, 15) is 0 Å². The summed E-state index contributed by atoms with van der Waals surface area (Å²) in [6.45, 7) is 5.65. The summed E-state index contributed by atoms with van der Waals surface area (Å²) in [7, 11) is 0. The van der Waals surface area contributed by atoms with Gasteiger partial charge in [-0.1, -0.05) is 26.0 Å². The van der Waals surface area contributed by atoms with E-state index in [2.05, 4.69) is 43.4 Å². The van der Waals surface area contributed by atoms with Crippen LogP contribution in [0.1, 0.15) is 25.5 Å². The normalized spacial score (nSPS) is 25.9. The van der Waals surface area contributed by atoms with Crippen LogP contribution in [0.3, 0.4) is 0 Å². The molecule has 0 saturated carbocycles. The first kappa shape index (κ1) is 10.1. The molecular formula is C12H17NS. The summed E-state index contributed by atoms with van der Waals surface area (Å²) in [5.41, 5.74) is 1.43. The topological polar surface area (TPSA) is 12.0 Å². The van der Waals surface area contributed by atoms with Gasteiger partial charge in [-0.2, -0.15) is 0 Å². The van der Waals surface area contributed by atoms with E-state index in [4.69, 9.17) is 0 Å². The second-order valence-corrected chi connectivity index (χ2v) is 5.20. The third-order valence-electron chi connectivity index (χ3n) is 2.78. The molecule has 1 aromatic rings. The molecule has 0 aliphatic carbocycles. The van der Waals surface area contributed by atoms with E-state index < -0.39 is 0 Å². The summed E-state index contributed by atoms with van der Waals surface area (Å²) in [4.78, 5) is 1.38. The molecule has 1 aromatic carbocycles. The van der Waals surface area contributed by atoms with E-state index in [1.54, 1.807) is 0 Å². The molecule has 0 radical (unpaired) electrons. The Morgan fingerprint density at radius 3 is 2.50 bits per heavy atom. The van der Waals surface area contributed by atoms with Crippen molar-refractivity contribution in [3.8, 4) is 0 Å². The van der Waals surface area contributed by atoms with Gasteiger partial charge in [0.05, 0.1) is 0 Å². The molecule has 0 bridgehead atoms. The van der Waals surface area contributed by atoms with Crippen molar-refractivity contribution in [3.63, 3.8) is 0 Å². The molecule has 0 amide bonds. The molecule has 2 heteroatoms. The number of nitrogens with one attached hydrogen (secondary N) is 1. The highest BCUT2D eigenvalue weighted by Gasteiger charge is 2.26. The van der Waals surface area contributed by atoms with E-state index >= 15 is 0 Å². The molecule has 14 heavy (non-hydrogen) atoms. The monoisotopic (exact) mass is 207 g/mol. The number of rotatable bonds is 3. The number of hydrogen-bond acceptors (Lipinski definition) is 2. The smallest absolute Gasteiger partial charge is 0.0358 e. The first-order valence-corrected chi connectivity index (χ1v) is 6.26. The zero-order valence-electron chi connectivity index (χ0n) is 8.79. The molecule has 2 unspecified atom stereocenters. The van der Waals surface area contributed by atoms with Crippen molar-refractivity contribution >= 4 is 11.8 Å². The van der Waals surface area contributed by atoms with Crippen LogP contribution in [-0.2, 0) is 0 Å². The van der Waals surface area contributed by atoms with Gasteiger partial charge in [0, 0.05) is 17.5 Å². The van der Waals surface area contributed by atoms with Crippen molar-refractivity contribution in [1.82, 2.24) is 5.32 Å². The first-order chi connectivity index (χ1) is 6.81. The lowest BCUT2D eigenvalue weighted by molar-refractivity contribution is 0.258. The van der Waals surface area contributed by atoms with Gasteiger partial charge < -0.3 is 5.32 Å². The Hall–Kier alpha value is -0.470. The SMILES string of the molecule is CCSc1ccc(C2NCC2C)cc1. The average Bonchev–Trinajstić information content (AvgIpc) is 2.19. The lowest BCUT2D eigenvalue weighted by Gasteiger charge is -2.36. The minimum atomic E-state index is 0.593. The minimum Gasteiger partial charge on any atom is -0.309 e. The molecule has 1 heterocycles. The number of benzene rings is 1. The van der Waals surface area contributed by atoms with Crippen LogP contribution in [-0.4, -0.2) is 12.3 Å². The summed E-state index contributed by atoms with van der Waals surface area (Å²) in [5, 5.41) is 3.46. The molecule has 2 rings (SSSR count). The third-order valence-corrected chi connectivity index (χ3v) is 3.67. The number of thioether (sulfide) groups is 1. The van der Waals surface area contributed by atoms with E-state index in [1.807, 2.05) is 11.8 Å². The van der Waals surface area contributed by atoms with Gasteiger partial charge in [-0.25, -0.2) is 0 Å². The molecule has 1 saturated heterocycles. The Morgan fingerprint density at radius 2 is 2.07 bits per heavy atom. The van der Waals surface area contributed by atoms with Gasteiger partial charge in [0.2, 0.25) is 0 Å². The molecule has 1 aliphatic heterocycles. The van der Waals surface area contributed by atoms with Crippen LogP contribution >= 0.6 is 11.8 Å². The van der Waals surface area contributed by atoms with Gasteiger partial charge in [-0.15, -0.1) is 11.8 Å². The Kier molecular flexibility index (Phi) is 3.14. The van der Waals surface area contributed by atoms with Crippen LogP contribution in [0.25, 0.3) is 0 Å². The molecule has 2 atom stereocenters. The van der Waals surface area contributed by atoms with E-state index in [-0.39, 0.29) is 0 Å².